The molecule has 1 atom stereocenters. The van der Waals surface area contributed by atoms with Crippen LogP contribution in [0.3, 0.4) is 0 Å². The van der Waals surface area contributed by atoms with E-state index >= 15 is 0 Å². The van der Waals surface area contributed by atoms with Crippen molar-refractivity contribution in [1.82, 2.24) is 10.6 Å². The Morgan fingerprint density at radius 2 is 1.83 bits per heavy atom. The monoisotopic (exact) mass is 429 g/mol. The Kier molecular flexibility index (Phi) is 6.71. The van der Waals surface area contributed by atoms with Crippen LogP contribution in [0.2, 0.25) is 0 Å². The first kappa shape index (κ1) is 22.2. The molecule has 2 aromatic rings. The SMILES string of the molecule is CN=C(NCCS(=O)(=O)c1ccc(C(C)(C)C)cc1)NC1CCOc2ccccc21. The van der Waals surface area contributed by atoms with Gasteiger partial charge in [0.25, 0.3) is 0 Å². The summed E-state index contributed by atoms with van der Waals surface area (Å²) in [5.74, 6) is 1.44. The maximum Gasteiger partial charge on any atom is 0.191 e. The van der Waals surface area contributed by atoms with Crippen molar-refractivity contribution in [2.45, 2.75) is 43.5 Å². The van der Waals surface area contributed by atoms with Crippen LogP contribution in [-0.2, 0) is 15.3 Å². The van der Waals surface area contributed by atoms with Crippen LogP contribution in [0.4, 0.5) is 0 Å². The van der Waals surface area contributed by atoms with Crippen LogP contribution in [0.5, 0.6) is 5.75 Å². The molecule has 30 heavy (non-hydrogen) atoms. The first-order chi connectivity index (χ1) is 14.2. The number of hydrogen-bond acceptors (Lipinski definition) is 4. The fourth-order valence-corrected chi connectivity index (χ4v) is 4.59. The molecule has 7 heteroatoms. The fraction of sp³-hybridized carbons (Fsp3) is 0.435. The molecule has 2 N–H and O–H groups in total. The van der Waals surface area contributed by atoms with Gasteiger partial charge in [-0.25, -0.2) is 8.42 Å². The molecule has 1 unspecified atom stereocenters. The Morgan fingerprint density at radius 3 is 2.50 bits per heavy atom. The largest absolute Gasteiger partial charge is 0.493 e. The molecule has 0 amide bonds. The quantitative estimate of drug-likeness (QED) is 0.562. The standard InChI is InChI=1S/C23H31N3O3S/c1-23(2,3)17-9-11-18(12-10-17)30(27,28)16-14-25-22(24-4)26-20-13-15-29-21-8-6-5-7-19(20)21/h5-12,20H,13-16H2,1-4H3,(H2,24,25,26). The summed E-state index contributed by atoms with van der Waals surface area (Å²) >= 11 is 0. The second-order valence-corrected chi connectivity index (χ2v) is 10.6. The Labute approximate surface area is 179 Å². The lowest BCUT2D eigenvalue weighted by molar-refractivity contribution is 0.261. The normalized spacial score (nSPS) is 17.1. The number of sulfone groups is 1. The third-order valence-corrected chi connectivity index (χ3v) is 6.97. The van der Waals surface area contributed by atoms with Gasteiger partial charge in [-0.15, -0.1) is 0 Å². The molecule has 1 aliphatic heterocycles. The highest BCUT2D eigenvalue weighted by molar-refractivity contribution is 7.91. The van der Waals surface area contributed by atoms with Gasteiger partial charge in [0, 0.05) is 25.6 Å². The maximum absolute atomic E-state index is 12.7. The number of nitrogens with one attached hydrogen (secondary N) is 2. The summed E-state index contributed by atoms with van der Waals surface area (Å²) in [4.78, 5) is 4.59. The van der Waals surface area contributed by atoms with Crippen LogP contribution in [0.1, 0.15) is 44.4 Å². The van der Waals surface area contributed by atoms with Gasteiger partial charge in [-0.2, -0.15) is 0 Å². The third kappa shape index (κ3) is 5.33. The zero-order valence-corrected chi connectivity index (χ0v) is 18.9. The number of benzene rings is 2. The number of para-hydroxylation sites is 1. The number of guanidine groups is 1. The first-order valence-electron chi connectivity index (χ1n) is 10.2. The predicted molar refractivity (Wildman–Crippen MR) is 121 cm³/mol. The van der Waals surface area contributed by atoms with E-state index in [2.05, 4.69) is 36.4 Å². The molecule has 0 bridgehead atoms. The van der Waals surface area contributed by atoms with E-state index in [0.717, 1.165) is 23.3 Å². The molecule has 0 radical (unpaired) electrons. The fourth-order valence-electron chi connectivity index (χ4n) is 3.44. The molecule has 0 saturated carbocycles. The molecule has 0 aliphatic carbocycles. The van der Waals surface area contributed by atoms with E-state index in [0.29, 0.717) is 17.5 Å². The molecule has 162 valence electrons. The highest BCUT2D eigenvalue weighted by atomic mass is 32.2. The Hall–Kier alpha value is -2.54. The van der Waals surface area contributed by atoms with Gasteiger partial charge in [-0.3, -0.25) is 4.99 Å². The van der Waals surface area contributed by atoms with E-state index in [1.165, 1.54) is 0 Å². The van der Waals surface area contributed by atoms with Gasteiger partial charge >= 0.3 is 0 Å². The van der Waals surface area contributed by atoms with Crippen molar-refractivity contribution in [3.63, 3.8) is 0 Å². The van der Waals surface area contributed by atoms with Crippen molar-refractivity contribution >= 4 is 15.8 Å². The van der Waals surface area contributed by atoms with E-state index in [4.69, 9.17) is 4.74 Å². The highest BCUT2D eigenvalue weighted by Crippen LogP contribution is 2.31. The lowest BCUT2D eigenvalue weighted by Gasteiger charge is -2.28. The number of aliphatic imine (C=N–C) groups is 1. The van der Waals surface area contributed by atoms with Crippen LogP contribution < -0.4 is 15.4 Å². The number of fused-ring (bicyclic) bond motifs is 1. The molecule has 3 rings (SSSR count). The number of rotatable bonds is 5. The van der Waals surface area contributed by atoms with Crippen LogP contribution in [0.25, 0.3) is 0 Å². The zero-order chi connectivity index (χ0) is 21.8. The summed E-state index contributed by atoms with van der Waals surface area (Å²) in [6, 6.07) is 15.2. The van der Waals surface area contributed by atoms with Gasteiger partial charge in [0.2, 0.25) is 0 Å². The summed E-state index contributed by atoms with van der Waals surface area (Å²) in [5, 5.41) is 6.50. The van der Waals surface area contributed by atoms with E-state index in [1.54, 1.807) is 19.2 Å². The van der Waals surface area contributed by atoms with Crippen molar-refractivity contribution in [2.24, 2.45) is 4.99 Å². The van der Waals surface area contributed by atoms with E-state index in [1.807, 2.05) is 36.4 Å². The minimum Gasteiger partial charge on any atom is -0.493 e. The summed E-state index contributed by atoms with van der Waals surface area (Å²) in [6.07, 6.45) is 0.816. The van der Waals surface area contributed by atoms with Gasteiger partial charge in [0.1, 0.15) is 5.75 Å². The van der Waals surface area contributed by atoms with Gasteiger partial charge in [0.15, 0.2) is 15.8 Å². The lowest BCUT2D eigenvalue weighted by Crippen LogP contribution is -2.42. The second-order valence-electron chi connectivity index (χ2n) is 8.46. The molecule has 0 fully saturated rings. The molecular weight excluding hydrogens is 398 g/mol. The first-order valence-corrected chi connectivity index (χ1v) is 11.9. The average molecular weight is 430 g/mol. The number of nitrogens with zero attached hydrogens (tertiary/aromatic N) is 1. The van der Waals surface area contributed by atoms with Crippen molar-refractivity contribution < 1.29 is 13.2 Å². The average Bonchev–Trinajstić information content (AvgIpc) is 2.72. The van der Waals surface area contributed by atoms with E-state index < -0.39 is 9.84 Å². The summed E-state index contributed by atoms with van der Waals surface area (Å²) < 4.78 is 31.1. The molecule has 0 saturated heterocycles. The predicted octanol–water partition coefficient (Wildman–Crippen LogP) is 3.45. The highest BCUT2D eigenvalue weighted by Gasteiger charge is 2.22. The molecule has 1 aliphatic rings. The van der Waals surface area contributed by atoms with Crippen molar-refractivity contribution in [3.8, 4) is 5.75 Å². The smallest absolute Gasteiger partial charge is 0.191 e. The zero-order valence-electron chi connectivity index (χ0n) is 18.1. The van der Waals surface area contributed by atoms with E-state index in [-0.39, 0.29) is 23.8 Å². The van der Waals surface area contributed by atoms with Crippen molar-refractivity contribution in [2.75, 3.05) is 26.0 Å². The summed E-state index contributed by atoms with van der Waals surface area (Å²) in [6.45, 7) is 7.22. The van der Waals surface area contributed by atoms with Gasteiger partial charge in [0.05, 0.1) is 23.3 Å². The Bertz CT molecular complexity index is 993. The molecule has 0 spiro atoms. The molecular formula is C23H31N3O3S. The van der Waals surface area contributed by atoms with Crippen LogP contribution in [-0.4, -0.2) is 40.3 Å². The number of ether oxygens (including phenoxy) is 1. The summed E-state index contributed by atoms with van der Waals surface area (Å²) in [5.41, 5.74) is 2.18. The second kappa shape index (κ2) is 9.08. The molecule has 2 aromatic carbocycles. The van der Waals surface area contributed by atoms with Crippen LogP contribution in [0.15, 0.2) is 58.4 Å². The minimum absolute atomic E-state index is 0.00701. The summed E-state index contributed by atoms with van der Waals surface area (Å²) in [7, 11) is -1.69. The maximum atomic E-state index is 12.7. The van der Waals surface area contributed by atoms with E-state index in [9.17, 15) is 8.42 Å². The number of hydrogen-bond donors (Lipinski definition) is 2. The minimum atomic E-state index is -3.37. The molecule has 0 aromatic heterocycles. The lowest BCUT2D eigenvalue weighted by atomic mass is 9.87. The third-order valence-electron chi connectivity index (χ3n) is 5.24. The Balaban J connectivity index is 1.58. The molecule has 1 heterocycles. The molecule has 6 nitrogen and oxygen atoms in total. The van der Waals surface area contributed by atoms with Crippen LogP contribution >= 0.6 is 0 Å². The van der Waals surface area contributed by atoms with Crippen LogP contribution in [0, 0.1) is 0 Å². The topological polar surface area (TPSA) is 79.8 Å². The van der Waals surface area contributed by atoms with Crippen molar-refractivity contribution in [1.29, 1.82) is 0 Å². The Morgan fingerprint density at radius 1 is 1.13 bits per heavy atom. The van der Waals surface area contributed by atoms with Gasteiger partial charge in [-0.05, 0) is 29.2 Å². The van der Waals surface area contributed by atoms with Gasteiger partial charge in [-0.1, -0.05) is 51.1 Å². The van der Waals surface area contributed by atoms with Gasteiger partial charge < -0.3 is 15.4 Å². The van der Waals surface area contributed by atoms with Crippen molar-refractivity contribution in [3.05, 3.63) is 59.7 Å².